The quantitative estimate of drug-likeness (QED) is 0.392. The molecule has 1 aromatic carbocycles. The highest BCUT2D eigenvalue weighted by Gasteiger charge is 2.57. The van der Waals surface area contributed by atoms with Gasteiger partial charge >= 0.3 is 0 Å². The van der Waals surface area contributed by atoms with E-state index in [4.69, 9.17) is 4.74 Å². The van der Waals surface area contributed by atoms with Crippen LogP contribution >= 0.6 is 0 Å². The number of hydrogen-bond donors (Lipinski definition) is 1. The fraction of sp³-hybridized carbons (Fsp3) is 0.469. The van der Waals surface area contributed by atoms with Crippen molar-refractivity contribution in [3.63, 3.8) is 0 Å². The van der Waals surface area contributed by atoms with E-state index in [1.54, 1.807) is 23.2 Å². The summed E-state index contributed by atoms with van der Waals surface area (Å²) in [5, 5.41) is 9.68. The Labute approximate surface area is 224 Å². The van der Waals surface area contributed by atoms with Crippen molar-refractivity contribution in [1.82, 2.24) is 9.88 Å². The van der Waals surface area contributed by atoms with Crippen LogP contribution in [0.15, 0.2) is 59.8 Å². The van der Waals surface area contributed by atoms with Crippen molar-refractivity contribution in [1.29, 1.82) is 0 Å². The number of phenolic OH excluding ortho intramolecular Hbond substituents is 1. The first-order valence-corrected chi connectivity index (χ1v) is 14.1. The number of carbonyl (C=O) groups excluding carboxylic acids is 2. The molecule has 2 amide bonds. The Morgan fingerprint density at radius 2 is 1.84 bits per heavy atom. The van der Waals surface area contributed by atoms with Gasteiger partial charge in [-0.25, -0.2) is 0 Å². The monoisotopic (exact) mass is 512 g/mol. The van der Waals surface area contributed by atoms with E-state index >= 15 is 0 Å². The molecule has 3 fully saturated rings. The number of likely N-dealkylation sites (tertiary alicyclic amines) is 1. The molecule has 1 aromatic heterocycles. The summed E-state index contributed by atoms with van der Waals surface area (Å²) in [6, 6.07) is 13.2. The van der Waals surface area contributed by atoms with Gasteiger partial charge in [0.1, 0.15) is 5.75 Å². The summed E-state index contributed by atoms with van der Waals surface area (Å²) in [6.45, 7) is 2.64. The Bertz CT molecular complexity index is 1260. The van der Waals surface area contributed by atoms with E-state index in [0.717, 1.165) is 55.4 Å². The number of fused-ring (bicyclic) bond motifs is 3. The van der Waals surface area contributed by atoms with Crippen LogP contribution in [-0.4, -0.2) is 45.6 Å². The summed E-state index contributed by atoms with van der Waals surface area (Å²) in [7, 11) is 0. The molecule has 6 nitrogen and oxygen atoms in total. The van der Waals surface area contributed by atoms with Crippen LogP contribution in [0.1, 0.15) is 69.5 Å². The third-order valence-electron chi connectivity index (χ3n) is 9.03. The van der Waals surface area contributed by atoms with Crippen molar-refractivity contribution in [2.45, 2.75) is 70.4 Å². The van der Waals surface area contributed by atoms with Gasteiger partial charge in [-0.15, -0.1) is 0 Å². The Morgan fingerprint density at radius 1 is 1.05 bits per heavy atom. The maximum absolute atomic E-state index is 13.7. The first kappa shape index (κ1) is 25.1. The van der Waals surface area contributed by atoms with E-state index < -0.39 is 0 Å². The number of nitrogens with zero attached hydrogens (tertiary/aromatic N) is 2. The molecular formula is C32H36N2O4. The number of imide groups is 1. The zero-order chi connectivity index (χ0) is 26.2. The number of hydrogen-bond acceptors (Lipinski definition) is 5. The van der Waals surface area contributed by atoms with E-state index in [1.807, 2.05) is 30.3 Å². The molecular weight excluding hydrogens is 476 g/mol. The molecule has 2 aliphatic heterocycles. The smallest absolute Gasteiger partial charge is 0.234 e. The van der Waals surface area contributed by atoms with Crippen molar-refractivity contribution in [2.75, 3.05) is 6.61 Å². The number of pyridine rings is 1. The van der Waals surface area contributed by atoms with E-state index in [1.165, 1.54) is 17.6 Å². The average Bonchev–Trinajstić information content (AvgIpc) is 3.47. The normalized spacial score (nSPS) is 28.1. The molecule has 0 spiro atoms. The summed E-state index contributed by atoms with van der Waals surface area (Å²) >= 11 is 0. The Morgan fingerprint density at radius 3 is 2.58 bits per heavy atom. The second-order valence-electron chi connectivity index (χ2n) is 11.4. The minimum absolute atomic E-state index is 0.00293. The van der Waals surface area contributed by atoms with E-state index in [9.17, 15) is 14.7 Å². The Hall–Kier alpha value is -3.25. The summed E-state index contributed by atoms with van der Waals surface area (Å²) in [6.07, 6.45) is 11.4. The molecule has 198 valence electrons. The molecule has 1 N–H and O–H groups in total. The molecule has 0 bridgehead atoms. The van der Waals surface area contributed by atoms with Crippen LogP contribution in [0.3, 0.4) is 0 Å². The maximum atomic E-state index is 13.7. The molecule has 1 saturated carbocycles. The van der Waals surface area contributed by atoms with Gasteiger partial charge in [0.05, 0.1) is 30.2 Å². The van der Waals surface area contributed by atoms with Crippen LogP contribution in [0.25, 0.3) is 11.6 Å². The fourth-order valence-corrected chi connectivity index (χ4v) is 7.24. The Kier molecular flexibility index (Phi) is 6.91. The topological polar surface area (TPSA) is 79.7 Å². The van der Waals surface area contributed by atoms with Gasteiger partial charge in [-0.05, 0) is 86.1 Å². The van der Waals surface area contributed by atoms with Gasteiger partial charge in [0.2, 0.25) is 11.8 Å². The zero-order valence-corrected chi connectivity index (χ0v) is 22.0. The van der Waals surface area contributed by atoms with Crippen LogP contribution in [0, 0.1) is 17.8 Å². The van der Waals surface area contributed by atoms with Gasteiger partial charge in [0.15, 0.2) is 0 Å². The molecule has 0 unspecified atom stereocenters. The molecule has 2 saturated heterocycles. The van der Waals surface area contributed by atoms with Crippen molar-refractivity contribution < 1.29 is 19.4 Å². The van der Waals surface area contributed by atoms with Crippen LogP contribution in [-0.2, 0) is 14.3 Å². The van der Waals surface area contributed by atoms with Crippen LogP contribution in [0.5, 0.6) is 5.75 Å². The molecule has 6 heteroatoms. The van der Waals surface area contributed by atoms with Crippen molar-refractivity contribution >= 4 is 23.5 Å². The van der Waals surface area contributed by atoms with E-state index in [0.29, 0.717) is 13.0 Å². The van der Waals surface area contributed by atoms with Crippen molar-refractivity contribution in [2.24, 2.45) is 17.8 Å². The largest absolute Gasteiger partial charge is 0.508 e. The molecule has 0 radical (unpaired) electrons. The molecule has 4 aliphatic rings. The molecule has 2 aliphatic carbocycles. The summed E-state index contributed by atoms with van der Waals surface area (Å²) < 4.78 is 6.37. The van der Waals surface area contributed by atoms with E-state index in [2.05, 4.69) is 18.0 Å². The summed E-state index contributed by atoms with van der Waals surface area (Å²) in [5.74, 6) is -0.138. The lowest BCUT2D eigenvalue weighted by atomic mass is 9.70. The molecule has 4 atom stereocenters. The number of allylic oxidation sites excluding steroid dienone is 2. The number of ether oxygens (including phenoxy) is 1. The number of aromatic hydroxyl groups is 1. The predicted molar refractivity (Wildman–Crippen MR) is 146 cm³/mol. The second-order valence-corrected chi connectivity index (χ2v) is 11.4. The SMILES string of the molecule is CC1=C2[C@@H](CC/C(=C/c3ccc(O)cc3)c3ccccn3)OC[C@@H]2[C@@H]2C(=O)N(C3CCCCC3)C(=O)[C@@H]2C1. The van der Waals surface area contributed by atoms with Gasteiger partial charge < -0.3 is 9.84 Å². The van der Waals surface area contributed by atoms with Crippen LogP contribution < -0.4 is 0 Å². The van der Waals surface area contributed by atoms with Gasteiger partial charge in [-0.1, -0.05) is 43.0 Å². The van der Waals surface area contributed by atoms with Crippen molar-refractivity contribution in [3.05, 3.63) is 71.1 Å². The number of phenols is 1. The fourth-order valence-electron chi connectivity index (χ4n) is 7.24. The molecule has 2 aromatic rings. The zero-order valence-electron chi connectivity index (χ0n) is 22.0. The first-order chi connectivity index (χ1) is 18.5. The van der Waals surface area contributed by atoms with Crippen molar-refractivity contribution in [3.8, 4) is 5.75 Å². The van der Waals surface area contributed by atoms with Crippen LogP contribution in [0.4, 0.5) is 0 Å². The minimum atomic E-state index is -0.268. The summed E-state index contributed by atoms with van der Waals surface area (Å²) in [4.78, 5) is 33.4. The summed E-state index contributed by atoms with van der Waals surface area (Å²) in [5.41, 5.74) is 5.51. The van der Waals surface area contributed by atoms with Gasteiger partial charge in [-0.3, -0.25) is 19.5 Å². The maximum Gasteiger partial charge on any atom is 0.234 e. The number of carbonyl (C=O) groups is 2. The lowest BCUT2D eigenvalue weighted by molar-refractivity contribution is -0.143. The number of aromatic nitrogens is 1. The first-order valence-electron chi connectivity index (χ1n) is 14.1. The molecule has 6 rings (SSSR count). The third-order valence-corrected chi connectivity index (χ3v) is 9.03. The van der Waals surface area contributed by atoms with Gasteiger partial charge in [0.25, 0.3) is 0 Å². The highest BCUT2D eigenvalue weighted by atomic mass is 16.5. The number of amides is 2. The predicted octanol–water partition coefficient (Wildman–Crippen LogP) is 5.78. The van der Waals surface area contributed by atoms with Gasteiger partial charge in [0, 0.05) is 18.2 Å². The van der Waals surface area contributed by atoms with E-state index in [-0.39, 0.29) is 47.5 Å². The standard InChI is InChI=1S/C32H36N2O4/c1-20-17-25-30(32(37)34(31(25)36)23-7-3-2-4-8-23)26-19-38-28(29(20)26)15-12-22(27-9-5-6-16-33-27)18-21-10-13-24(35)14-11-21/h5-6,9-11,13-14,16,18,23,25-26,28,30,35H,2-4,7-8,12,15,17,19H2,1H3/b22-18-/t25-,26+,28-,30-/m1/s1. The minimum Gasteiger partial charge on any atom is -0.508 e. The lowest BCUT2D eigenvalue weighted by Gasteiger charge is -2.31. The number of benzene rings is 1. The highest BCUT2D eigenvalue weighted by Crippen LogP contribution is 2.50. The van der Waals surface area contributed by atoms with Crippen LogP contribution in [0.2, 0.25) is 0 Å². The van der Waals surface area contributed by atoms with Gasteiger partial charge in [-0.2, -0.15) is 0 Å². The highest BCUT2D eigenvalue weighted by molar-refractivity contribution is 6.06. The third kappa shape index (κ3) is 4.60. The molecule has 38 heavy (non-hydrogen) atoms. The lowest BCUT2D eigenvalue weighted by Crippen LogP contribution is -2.42. The Balaban J connectivity index is 1.22. The second kappa shape index (κ2) is 10.5. The average molecular weight is 513 g/mol. The number of rotatable bonds is 6. The molecule has 3 heterocycles.